The smallest absolute Gasteiger partial charge is 0.333 e. The molecule has 0 aliphatic carbocycles. The summed E-state index contributed by atoms with van der Waals surface area (Å²) in [5.74, 6) is -0.510. The second-order valence-electron chi connectivity index (χ2n) is 4.36. The molecule has 1 aromatic carbocycles. The molecule has 1 rings (SSSR count). The van der Waals surface area contributed by atoms with Crippen LogP contribution in [0, 0.1) is 5.82 Å². The zero-order valence-electron chi connectivity index (χ0n) is 11.6. The van der Waals surface area contributed by atoms with Gasteiger partial charge in [-0.15, -0.1) is 0 Å². The van der Waals surface area contributed by atoms with Crippen LogP contribution in [0.4, 0.5) is 4.39 Å². The van der Waals surface area contributed by atoms with Crippen LogP contribution < -0.4 is 0 Å². The van der Waals surface area contributed by atoms with Gasteiger partial charge in [-0.3, -0.25) is 4.90 Å². The fourth-order valence-electron chi connectivity index (χ4n) is 1.75. The summed E-state index contributed by atoms with van der Waals surface area (Å²) in [4.78, 5) is 13.3. The highest BCUT2D eigenvalue weighted by atomic mass is 19.1. The van der Waals surface area contributed by atoms with Gasteiger partial charge in [0, 0.05) is 24.2 Å². The average molecular weight is 265 g/mol. The molecule has 0 spiro atoms. The zero-order valence-corrected chi connectivity index (χ0v) is 11.6. The molecule has 3 nitrogen and oxygen atoms in total. The van der Waals surface area contributed by atoms with Gasteiger partial charge >= 0.3 is 5.97 Å². The molecule has 0 unspecified atom stereocenters. The monoisotopic (exact) mass is 265 g/mol. The summed E-state index contributed by atoms with van der Waals surface area (Å²) in [6.45, 7) is 2.98. The van der Waals surface area contributed by atoms with E-state index < -0.39 is 0 Å². The number of methoxy groups -OCH3 is 1. The van der Waals surface area contributed by atoms with Gasteiger partial charge in [0.15, 0.2) is 0 Å². The van der Waals surface area contributed by atoms with E-state index in [1.807, 2.05) is 31.0 Å². The normalized spacial score (nSPS) is 11.7. The van der Waals surface area contributed by atoms with Gasteiger partial charge in [-0.2, -0.15) is 0 Å². The van der Waals surface area contributed by atoms with Crippen LogP contribution in [-0.2, 0) is 16.1 Å². The Kier molecular flexibility index (Phi) is 6.22. The highest BCUT2D eigenvalue weighted by Crippen LogP contribution is 2.09. The molecule has 0 amide bonds. The number of hydrogen-bond donors (Lipinski definition) is 0. The third-order valence-corrected chi connectivity index (χ3v) is 2.88. The molecule has 0 aliphatic rings. The molecular formula is C15H20FNO2. The molecule has 104 valence electrons. The molecular weight excluding hydrogens is 245 g/mol. The van der Waals surface area contributed by atoms with Gasteiger partial charge in [-0.1, -0.05) is 31.2 Å². The van der Waals surface area contributed by atoms with Crippen LogP contribution in [0.15, 0.2) is 35.9 Å². The lowest BCUT2D eigenvalue weighted by Gasteiger charge is -2.15. The minimum absolute atomic E-state index is 0.206. The highest BCUT2D eigenvalue weighted by molar-refractivity contribution is 5.88. The maximum atomic E-state index is 13.5. The minimum atomic E-state index is -0.304. The van der Waals surface area contributed by atoms with E-state index in [0.29, 0.717) is 30.6 Å². The Labute approximate surface area is 113 Å². The first-order valence-electron chi connectivity index (χ1n) is 6.27. The first-order valence-corrected chi connectivity index (χ1v) is 6.27. The van der Waals surface area contributed by atoms with E-state index >= 15 is 0 Å². The third kappa shape index (κ3) is 4.83. The van der Waals surface area contributed by atoms with Crippen LogP contribution in [-0.4, -0.2) is 31.6 Å². The number of benzene rings is 1. The van der Waals surface area contributed by atoms with Crippen molar-refractivity contribution in [3.05, 3.63) is 47.3 Å². The van der Waals surface area contributed by atoms with E-state index in [2.05, 4.69) is 4.74 Å². The van der Waals surface area contributed by atoms with E-state index in [1.165, 1.54) is 13.2 Å². The van der Waals surface area contributed by atoms with E-state index in [1.54, 1.807) is 12.1 Å². The molecule has 0 atom stereocenters. The van der Waals surface area contributed by atoms with E-state index in [9.17, 15) is 9.18 Å². The second kappa shape index (κ2) is 7.69. The van der Waals surface area contributed by atoms with Crippen molar-refractivity contribution >= 4 is 5.97 Å². The van der Waals surface area contributed by atoms with Crippen molar-refractivity contribution < 1.29 is 13.9 Å². The fraction of sp³-hybridized carbons (Fsp3) is 0.400. The molecule has 0 radical (unpaired) electrons. The Balaban J connectivity index is 2.60. The number of nitrogens with zero attached hydrogens (tertiary/aromatic N) is 1. The van der Waals surface area contributed by atoms with Crippen LogP contribution in [0.25, 0.3) is 0 Å². The zero-order chi connectivity index (χ0) is 14.3. The summed E-state index contributed by atoms with van der Waals surface area (Å²) in [5, 5.41) is 0. The van der Waals surface area contributed by atoms with E-state index in [-0.39, 0.29) is 11.8 Å². The first kappa shape index (κ1) is 15.4. The van der Waals surface area contributed by atoms with Crippen molar-refractivity contribution in [3.8, 4) is 0 Å². The van der Waals surface area contributed by atoms with Crippen LogP contribution in [0.3, 0.4) is 0 Å². The molecule has 4 heteroatoms. The molecule has 0 bridgehead atoms. The van der Waals surface area contributed by atoms with Crippen LogP contribution >= 0.6 is 0 Å². The van der Waals surface area contributed by atoms with Crippen molar-refractivity contribution in [1.29, 1.82) is 0 Å². The second-order valence-corrected chi connectivity index (χ2v) is 4.36. The van der Waals surface area contributed by atoms with Crippen LogP contribution in [0.5, 0.6) is 0 Å². The predicted octanol–water partition coefficient (Wildman–Crippen LogP) is 2.77. The summed E-state index contributed by atoms with van der Waals surface area (Å²) in [6, 6.07) is 6.70. The largest absolute Gasteiger partial charge is 0.466 e. The van der Waals surface area contributed by atoms with E-state index in [0.717, 1.165) is 0 Å². The minimum Gasteiger partial charge on any atom is -0.466 e. The summed E-state index contributed by atoms with van der Waals surface area (Å²) in [6.07, 6.45) is 2.45. The standard InChI is InChI=1S/C15H20FNO2/c1-4-12(15(18)19-3)9-10-17(2)11-13-7-5-6-8-14(13)16/h5-9H,4,10-11H2,1-3H3. The lowest BCUT2D eigenvalue weighted by Crippen LogP contribution is -2.19. The number of rotatable bonds is 6. The summed E-state index contributed by atoms with van der Waals surface area (Å²) < 4.78 is 18.2. The van der Waals surface area contributed by atoms with Crippen molar-refractivity contribution in [3.63, 3.8) is 0 Å². The van der Waals surface area contributed by atoms with E-state index in [4.69, 9.17) is 0 Å². The quantitative estimate of drug-likeness (QED) is 0.585. The number of esters is 1. The first-order chi connectivity index (χ1) is 9.08. The Bertz CT molecular complexity index is 457. The maximum Gasteiger partial charge on any atom is 0.333 e. The summed E-state index contributed by atoms with van der Waals surface area (Å²) in [5.41, 5.74) is 1.29. The molecule has 19 heavy (non-hydrogen) atoms. The topological polar surface area (TPSA) is 29.5 Å². The fourth-order valence-corrected chi connectivity index (χ4v) is 1.75. The Morgan fingerprint density at radius 2 is 2.11 bits per heavy atom. The molecule has 0 fully saturated rings. The number of ether oxygens (including phenoxy) is 1. The number of carbonyl (C=O) groups excluding carboxylic acids is 1. The molecule has 1 aromatic rings. The van der Waals surface area contributed by atoms with Gasteiger partial charge in [0.25, 0.3) is 0 Å². The maximum absolute atomic E-state index is 13.5. The SMILES string of the molecule is CCC(=CCN(C)Cc1ccccc1F)C(=O)OC. The Morgan fingerprint density at radius 1 is 1.42 bits per heavy atom. The van der Waals surface area contributed by atoms with Gasteiger partial charge in [-0.25, -0.2) is 9.18 Å². The van der Waals surface area contributed by atoms with Crippen molar-refractivity contribution in [1.82, 2.24) is 4.90 Å². The number of hydrogen-bond acceptors (Lipinski definition) is 3. The lowest BCUT2D eigenvalue weighted by atomic mass is 10.1. The van der Waals surface area contributed by atoms with Gasteiger partial charge in [-0.05, 0) is 19.5 Å². The third-order valence-electron chi connectivity index (χ3n) is 2.88. The Hall–Kier alpha value is -1.68. The van der Waals surface area contributed by atoms with Crippen molar-refractivity contribution in [2.75, 3.05) is 20.7 Å². The molecule has 0 aliphatic heterocycles. The molecule has 0 saturated heterocycles. The van der Waals surface area contributed by atoms with Gasteiger partial charge < -0.3 is 4.74 Å². The summed E-state index contributed by atoms with van der Waals surface area (Å²) >= 11 is 0. The van der Waals surface area contributed by atoms with Gasteiger partial charge in [0.05, 0.1) is 7.11 Å². The number of carbonyl (C=O) groups is 1. The number of halogens is 1. The average Bonchev–Trinajstić information content (AvgIpc) is 2.41. The highest BCUT2D eigenvalue weighted by Gasteiger charge is 2.08. The van der Waals surface area contributed by atoms with Crippen molar-refractivity contribution in [2.45, 2.75) is 19.9 Å². The molecule has 0 N–H and O–H groups in total. The Morgan fingerprint density at radius 3 is 2.68 bits per heavy atom. The van der Waals surface area contributed by atoms with Gasteiger partial charge in [0.1, 0.15) is 5.82 Å². The van der Waals surface area contributed by atoms with Gasteiger partial charge in [0.2, 0.25) is 0 Å². The summed E-state index contributed by atoms with van der Waals surface area (Å²) in [7, 11) is 3.25. The van der Waals surface area contributed by atoms with Crippen molar-refractivity contribution in [2.24, 2.45) is 0 Å². The van der Waals surface area contributed by atoms with Crippen LogP contribution in [0.1, 0.15) is 18.9 Å². The molecule has 0 heterocycles. The lowest BCUT2D eigenvalue weighted by molar-refractivity contribution is -0.136. The van der Waals surface area contributed by atoms with Crippen LogP contribution in [0.2, 0.25) is 0 Å². The molecule has 0 aromatic heterocycles. The predicted molar refractivity (Wildman–Crippen MR) is 73.1 cm³/mol. The number of likely N-dealkylation sites (N-methyl/N-ethyl adjacent to an activating group) is 1. The molecule has 0 saturated carbocycles.